The van der Waals surface area contributed by atoms with E-state index in [9.17, 15) is 39.6 Å². The number of benzene rings is 1. The predicted molar refractivity (Wildman–Crippen MR) is 138 cm³/mol. The number of ketones is 2. The lowest BCUT2D eigenvalue weighted by atomic mass is 9.54. The average Bonchev–Trinajstić information content (AvgIpc) is 2.79. The van der Waals surface area contributed by atoms with Gasteiger partial charge in [-0.05, 0) is 37.1 Å². The Kier molecular flexibility index (Phi) is 6.68. The molecule has 0 bridgehead atoms. The molecule has 1 amide bonds. The number of fused-ring (bicyclic) bond motifs is 3. The van der Waals surface area contributed by atoms with Gasteiger partial charge in [0.2, 0.25) is 5.78 Å². The van der Waals surface area contributed by atoms with Crippen molar-refractivity contribution in [3.05, 3.63) is 46.2 Å². The first-order valence-corrected chi connectivity index (χ1v) is 12.6. The second-order valence-corrected chi connectivity index (χ2v) is 12.0. The van der Waals surface area contributed by atoms with E-state index in [-0.39, 0.29) is 17.7 Å². The van der Waals surface area contributed by atoms with Crippen molar-refractivity contribution in [3.63, 3.8) is 0 Å². The smallest absolute Gasteiger partial charge is 0.306 e. The SMILES string of the molecule is C[C@@H]1c2cccc(O)c2C(O)=C2C(=O)[C@@]3(O)C(O)=C(C(N)=O)C(=O)[C@H](N(C)C)[C@H]3[C@H](OC(=O)CC(C)(C)C)[C@H]21. The largest absolute Gasteiger partial charge is 0.508 e. The number of ether oxygens (including phenoxy) is 1. The standard InChI is InChI=1S/C28H34N2O9/c1-11-12-8-7-9-13(31)16(12)21(33)17-15(11)23(39-14(32)10-27(2,3)4)19-20(30(5)6)22(34)18(26(29)37)25(36)28(19,38)24(17)35/h7-9,11,15,19-20,23,31,33,36,38H,10H2,1-6H3,(H2,29,37)/t11-,15+,19+,20-,23-,28-/m1/s1. The summed E-state index contributed by atoms with van der Waals surface area (Å²) >= 11 is 0. The predicted octanol–water partition coefficient (Wildman–Crippen LogP) is 1.48. The maximum absolute atomic E-state index is 14.1. The van der Waals surface area contributed by atoms with Crippen LogP contribution in [0.15, 0.2) is 35.1 Å². The van der Waals surface area contributed by atoms with E-state index in [1.165, 1.54) is 25.1 Å². The minimum absolute atomic E-state index is 0.0407. The number of aliphatic hydroxyl groups excluding tert-OH is 2. The molecule has 0 radical (unpaired) electrons. The van der Waals surface area contributed by atoms with Crippen LogP contribution in [-0.2, 0) is 23.9 Å². The molecular weight excluding hydrogens is 508 g/mol. The fraction of sp³-hybridized carbons (Fsp3) is 0.500. The summed E-state index contributed by atoms with van der Waals surface area (Å²) in [6.45, 7) is 7.15. The molecule has 0 heterocycles. The lowest BCUT2D eigenvalue weighted by Crippen LogP contribution is -2.71. The molecule has 1 aromatic carbocycles. The summed E-state index contributed by atoms with van der Waals surface area (Å²) in [7, 11) is 2.95. The number of phenolic OH excluding ortho intramolecular Hbond substituents is 1. The number of phenols is 1. The van der Waals surface area contributed by atoms with Gasteiger partial charge in [-0.15, -0.1) is 0 Å². The van der Waals surface area contributed by atoms with Crippen molar-refractivity contribution in [2.75, 3.05) is 14.1 Å². The van der Waals surface area contributed by atoms with Gasteiger partial charge in [-0.3, -0.25) is 24.1 Å². The van der Waals surface area contributed by atoms with Gasteiger partial charge in [0, 0.05) is 11.5 Å². The monoisotopic (exact) mass is 542 g/mol. The molecule has 0 aromatic heterocycles. The molecule has 0 saturated heterocycles. The van der Waals surface area contributed by atoms with Gasteiger partial charge < -0.3 is 30.9 Å². The highest BCUT2D eigenvalue weighted by Gasteiger charge is 2.69. The zero-order valence-electron chi connectivity index (χ0n) is 22.7. The van der Waals surface area contributed by atoms with Gasteiger partial charge in [0.25, 0.3) is 5.91 Å². The molecular formula is C28H34N2O9. The molecule has 1 fully saturated rings. The maximum atomic E-state index is 14.1. The highest BCUT2D eigenvalue weighted by molar-refractivity contribution is 6.24. The lowest BCUT2D eigenvalue weighted by Gasteiger charge is -2.54. The first-order chi connectivity index (χ1) is 17.9. The van der Waals surface area contributed by atoms with E-state index >= 15 is 0 Å². The molecule has 39 heavy (non-hydrogen) atoms. The van der Waals surface area contributed by atoms with Gasteiger partial charge in [0.15, 0.2) is 11.4 Å². The van der Waals surface area contributed by atoms with Gasteiger partial charge in [-0.25, -0.2) is 0 Å². The van der Waals surface area contributed by atoms with Crippen LogP contribution in [0.4, 0.5) is 0 Å². The summed E-state index contributed by atoms with van der Waals surface area (Å²) in [5.74, 6) is -9.71. The first-order valence-electron chi connectivity index (χ1n) is 12.6. The Labute approximate surface area is 225 Å². The lowest BCUT2D eigenvalue weighted by molar-refractivity contribution is -0.186. The van der Waals surface area contributed by atoms with Gasteiger partial charge in [0.05, 0.1) is 23.9 Å². The summed E-state index contributed by atoms with van der Waals surface area (Å²) in [5.41, 5.74) is 0.995. The molecule has 3 aliphatic carbocycles. The number of nitrogens with two attached hydrogens (primary N) is 1. The Balaban J connectivity index is 2.07. The number of amides is 1. The Morgan fingerprint density at radius 1 is 1.13 bits per heavy atom. The van der Waals surface area contributed by atoms with Crippen molar-refractivity contribution in [3.8, 4) is 5.75 Å². The van der Waals surface area contributed by atoms with Crippen LogP contribution < -0.4 is 5.73 Å². The van der Waals surface area contributed by atoms with Crippen LogP contribution in [0.25, 0.3) is 5.76 Å². The Morgan fingerprint density at radius 3 is 2.28 bits per heavy atom. The first kappa shape index (κ1) is 28.3. The van der Waals surface area contributed by atoms with Crippen LogP contribution in [0.1, 0.15) is 51.2 Å². The second-order valence-electron chi connectivity index (χ2n) is 12.0. The normalized spacial score (nSPS) is 30.6. The molecule has 11 nitrogen and oxygen atoms in total. The number of nitrogens with zero attached hydrogens (tertiary/aromatic N) is 1. The van der Waals surface area contributed by atoms with Crippen LogP contribution in [0, 0.1) is 17.3 Å². The van der Waals surface area contributed by atoms with Crippen LogP contribution in [-0.4, -0.2) is 80.6 Å². The number of hydrogen-bond acceptors (Lipinski definition) is 10. The zero-order chi connectivity index (χ0) is 29.4. The number of carbonyl (C=O) groups is 4. The van der Waals surface area contributed by atoms with E-state index in [4.69, 9.17) is 10.5 Å². The number of rotatable bonds is 4. The molecule has 11 heteroatoms. The van der Waals surface area contributed by atoms with Crippen molar-refractivity contribution in [1.29, 1.82) is 0 Å². The molecule has 1 aromatic rings. The summed E-state index contributed by atoms with van der Waals surface area (Å²) in [6.07, 6.45) is -1.47. The molecule has 6 N–H and O–H groups in total. The summed E-state index contributed by atoms with van der Waals surface area (Å²) in [4.78, 5) is 54.5. The van der Waals surface area contributed by atoms with Crippen molar-refractivity contribution >= 4 is 29.2 Å². The van der Waals surface area contributed by atoms with Crippen LogP contribution >= 0.6 is 0 Å². The number of esters is 1. The van der Waals surface area contributed by atoms with E-state index in [2.05, 4.69) is 0 Å². The Bertz CT molecular complexity index is 1350. The Morgan fingerprint density at radius 2 is 1.74 bits per heavy atom. The third-order valence-electron chi connectivity index (χ3n) is 7.91. The van der Waals surface area contributed by atoms with Crippen LogP contribution in [0.3, 0.4) is 0 Å². The van der Waals surface area contributed by atoms with E-state index in [1.807, 2.05) is 20.8 Å². The third-order valence-corrected chi connectivity index (χ3v) is 7.91. The van der Waals surface area contributed by atoms with Crippen molar-refractivity contribution in [2.45, 2.75) is 57.8 Å². The van der Waals surface area contributed by atoms with Crippen molar-refractivity contribution < 1.29 is 44.3 Å². The van der Waals surface area contributed by atoms with Gasteiger partial charge >= 0.3 is 5.97 Å². The van der Waals surface area contributed by atoms with Crippen LogP contribution in [0.5, 0.6) is 5.75 Å². The van der Waals surface area contributed by atoms with E-state index in [0.29, 0.717) is 5.56 Å². The average molecular weight is 543 g/mol. The molecule has 1 saturated carbocycles. The topological polar surface area (TPSA) is 188 Å². The number of likely N-dealkylation sites (N-methyl/N-ethyl adjacent to an activating group) is 1. The molecule has 4 rings (SSSR count). The summed E-state index contributed by atoms with van der Waals surface area (Å²) in [5, 5.41) is 45.0. The van der Waals surface area contributed by atoms with E-state index in [1.54, 1.807) is 19.1 Å². The second kappa shape index (κ2) is 9.20. The molecule has 0 unspecified atom stereocenters. The fourth-order valence-electron chi connectivity index (χ4n) is 6.32. The summed E-state index contributed by atoms with van der Waals surface area (Å²) < 4.78 is 5.97. The molecule has 3 aliphatic rings. The van der Waals surface area contributed by atoms with Gasteiger partial charge in [0.1, 0.15) is 28.9 Å². The highest BCUT2D eigenvalue weighted by atomic mass is 16.5. The van der Waals surface area contributed by atoms with E-state index in [0.717, 1.165) is 0 Å². The quantitative estimate of drug-likeness (QED) is 0.275. The zero-order valence-corrected chi connectivity index (χ0v) is 22.7. The number of aromatic hydroxyl groups is 1. The van der Waals surface area contributed by atoms with E-state index < -0.39 is 87.0 Å². The molecule has 6 atom stereocenters. The maximum Gasteiger partial charge on any atom is 0.306 e. The van der Waals surface area contributed by atoms with Crippen molar-refractivity contribution in [2.24, 2.45) is 23.0 Å². The number of aliphatic hydroxyl groups is 3. The minimum atomic E-state index is -2.96. The molecule has 0 aliphatic heterocycles. The third kappa shape index (κ3) is 4.11. The number of Topliss-reactive ketones (excluding diaryl/α,β-unsaturated/α-hetero) is 2. The fourth-order valence-corrected chi connectivity index (χ4v) is 6.32. The summed E-state index contributed by atoms with van der Waals surface area (Å²) in [6, 6.07) is 3.11. The van der Waals surface area contributed by atoms with Gasteiger partial charge in [-0.2, -0.15) is 0 Å². The van der Waals surface area contributed by atoms with Crippen molar-refractivity contribution in [1.82, 2.24) is 4.90 Å². The minimum Gasteiger partial charge on any atom is -0.508 e. The number of carbonyl (C=O) groups excluding carboxylic acids is 4. The molecule has 210 valence electrons. The highest BCUT2D eigenvalue weighted by Crippen LogP contribution is 2.57. The molecule has 0 spiro atoms. The number of hydrogen-bond donors (Lipinski definition) is 5. The van der Waals surface area contributed by atoms with Gasteiger partial charge in [-0.1, -0.05) is 39.8 Å². The number of primary amides is 1. The Hall–Kier alpha value is -3.70. The van der Waals surface area contributed by atoms with Crippen LogP contribution in [0.2, 0.25) is 0 Å².